The zero-order chi connectivity index (χ0) is 14.4. The SMILES string of the molecule is CCCNC(Cc1ccc(C(C)C)cc1)c1cccs1. The lowest BCUT2D eigenvalue weighted by Crippen LogP contribution is -2.23. The normalized spacial score (nSPS) is 12.8. The number of rotatable bonds is 7. The predicted molar refractivity (Wildman–Crippen MR) is 89.6 cm³/mol. The van der Waals surface area contributed by atoms with Gasteiger partial charge in [-0.2, -0.15) is 0 Å². The van der Waals surface area contributed by atoms with Crippen molar-refractivity contribution in [3.05, 3.63) is 57.8 Å². The molecule has 0 bridgehead atoms. The average Bonchev–Trinajstić information content (AvgIpc) is 2.98. The molecule has 0 fully saturated rings. The molecule has 2 aromatic rings. The van der Waals surface area contributed by atoms with E-state index in [0.29, 0.717) is 12.0 Å². The van der Waals surface area contributed by atoms with Crippen LogP contribution in [0.1, 0.15) is 55.2 Å². The molecule has 0 amide bonds. The first-order chi connectivity index (χ1) is 9.70. The molecule has 0 spiro atoms. The molecule has 108 valence electrons. The second-order valence-corrected chi connectivity index (χ2v) is 6.60. The summed E-state index contributed by atoms with van der Waals surface area (Å²) in [5, 5.41) is 5.83. The van der Waals surface area contributed by atoms with Crippen LogP contribution in [0, 0.1) is 0 Å². The van der Waals surface area contributed by atoms with Gasteiger partial charge in [-0.05, 0) is 47.9 Å². The molecule has 1 nitrogen and oxygen atoms in total. The molecule has 0 aliphatic rings. The van der Waals surface area contributed by atoms with E-state index < -0.39 is 0 Å². The Kier molecular flexibility index (Phi) is 5.81. The smallest absolute Gasteiger partial charge is 0.0455 e. The standard InChI is InChI=1S/C18H25NS/c1-4-11-19-17(18-6-5-12-20-18)13-15-7-9-16(10-8-15)14(2)3/h5-10,12,14,17,19H,4,11,13H2,1-3H3. The van der Waals surface area contributed by atoms with Crippen molar-refractivity contribution >= 4 is 11.3 Å². The zero-order valence-corrected chi connectivity index (χ0v) is 13.5. The number of benzene rings is 1. The van der Waals surface area contributed by atoms with Gasteiger partial charge in [-0.15, -0.1) is 11.3 Å². The molecule has 0 saturated carbocycles. The van der Waals surface area contributed by atoms with Crippen molar-refractivity contribution in [2.45, 2.75) is 45.6 Å². The van der Waals surface area contributed by atoms with Gasteiger partial charge in [0.05, 0.1) is 0 Å². The fourth-order valence-corrected chi connectivity index (χ4v) is 3.16. The van der Waals surface area contributed by atoms with Crippen LogP contribution in [-0.4, -0.2) is 6.54 Å². The summed E-state index contributed by atoms with van der Waals surface area (Å²) >= 11 is 1.85. The van der Waals surface area contributed by atoms with E-state index in [-0.39, 0.29) is 0 Å². The van der Waals surface area contributed by atoms with E-state index in [2.05, 4.69) is 67.9 Å². The van der Waals surface area contributed by atoms with Crippen LogP contribution in [0.5, 0.6) is 0 Å². The summed E-state index contributed by atoms with van der Waals surface area (Å²) in [6.07, 6.45) is 2.24. The van der Waals surface area contributed by atoms with E-state index >= 15 is 0 Å². The quantitative estimate of drug-likeness (QED) is 0.742. The molecule has 0 saturated heterocycles. The fraction of sp³-hybridized carbons (Fsp3) is 0.444. The van der Waals surface area contributed by atoms with Crippen molar-refractivity contribution < 1.29 is 0 Å². The van der Waals surface area contributed by atoms with Crippen LogP contribution in [-0.2, 0) is 6.42 Å². The Labute approximate surface area is 127 Å². The zero-order valence-electron chi connectivity index (χ0n) is 12.7. The maximum atomic E-state index is 3.67. The number of thiophene rings is 1. The highest BCUT2D eigenvalue weighted by atomic mass is 32.1. The van der Waals surface area contributed by atoms with Gasteiger partial charge in [0.15, 0.2) is 0 Å². The van der Waals surface area contributed by atoms with Crippen molar-refractivity contribution in [1.29, 1.82) is 0 Å². The average molecular weight is 287 g/mol. The summed E-state index contributed by atoms with van der Waals surface area (Å²) in [5.74, 6) is 0.607. The van der Waals surface area contributed by atoms with E-state index in [9.17, 15) is 0 Å². The Morgan fingerprint density at radius 2 is 1.85 bits per heavy atom. The van der Waals surface area contributed by atoms with Gasteiger partial charge in [0, 0.05) is 10.9 Å². The van der Waals surface area contributed by atoms with Crippen molar-refractivity contribution in [2.24, 2.45) is 0 Å². The molecule has 20 heavy (non-hydrogen) atoms. The van der Waals surface area contributed by atoms with E-state index in [1.807, 2.05) is 11.3 Å². The van der Waals surface area contributed by atoms with Gasteiger partial charge in [-0.1, -0.05) is 51.1 Å². The molecular formula is C18H25NS. The number of hydrogen-bond donors (Lipinski definition) is 1. The van der Waals surface area contributed by atoms with Gasteiger partial charge in [0.1, 0.15) is 0 Å². The molecule has 0 radical (unpaired) electrons. The van der Waals surface area contributed by atoms with E-state index in [0.717, 1.165) is 13.0 Å². The van der Waals surface area contributed by atoms with E-state index in [1.54, 1.807) is 0 Å². The summed E-state index contributed by atoms with van der Waals surface area (Å²) < 4.78 is 0. The van der Waals surface area contributed by atoms with Crippen molar-refractivity contribution in [1.82, 2.24) is 5.32 Å². The van der Waals surface area contributed by atoms with Crippen LogP contribution in [0.4, 0.5) is 0 Å². The van der Waals surface area contributed by atoms with Gasteiger partial charge in [-0.25, -0.2) is 0 Å². The summed E-state index contributed by atoms with van der Waals surface area (Å²) in [7, 11) is 0. The lowest BCUT2D eigenvalue weighted by Gasteiger charge is -2.17. The maximum absolute atomic E-state index is 3.67. The highest BCUT2D eigenvalue weighted by Crippen LogP contribution is 2.24. The topological polar surface area (TPSA) is 12.0 Å². The minimum Gasteiger partial charge on any atom is -0.309 e. The van der Waals surface area contributed by atoms with Gasteiger partial charge in [0.2, 0.25) is 0 Å². The van der Waals surface area contributed by atoms with E-state index in [4.69, 9.17) is 0 Å². The van der Waals surface area contributed by atoms with Crippen LogP contribution in [0.2, 0.25) is 0 Å². The number of nitrogens with one attached hydrogen (secondary N) is 1. The predicted octanol–water partition coefficient (Wildman–Crippen LogP) is 5.15. The Morgan fingerprint density at radius 3 is 2.40 bits per heavy atom. The van der Waals surface area contributed by atoms with Crippen molar-refractivity contribution in [3.63, 3.8) is 0 Å². The summed E-state index contributed by atoms with van der Waals surface area (Å²) in [6.45, 7) is 7.78. The third-order valence-electron chi connectivity index (χ3n) is 3.61. The lowest BCUT2D eigenvalue weighted by atomic mass is 9.98. The highest BCUT2D eigenvalue weighted by Gasteiger charge is 2.12. The van der Waals surface area contributed by atoms with Crippen molar-refractivity contribution in [3.8, 4) is 0 Å². The third-order valence-corrected chi connectivity index (χ3v) is 4.60. The fourth-order valence-electron chi connectivity index (χ4n) is 2.36. The third kappa shape index (κ3) is 4.19. The summed E-state index contributed by atoms with van der Waals surface area (Å²) in [6, 6.07) is 13.9. The van der Waals surface area contributed by atoms with Crippen molar-refractivity contribution in [2.75, 3.05) is 6.54 Å². The van der Waals surface area contributed by atoms with Crippen LogP contribution >= 0.6 is 11.3 Å². The van der Waals surface area contributed by atoms with Crippen LogP contribution in [0.3, 0.4) is 0 Å². The molecule has 1 heterocycles. The number of hydrogen-bond acceptors (Lipinski definition) is 2. The second-order valence-electron chi connectivity index (χ2n) is 5.62. The van der Waals surface area contributed by atoms with Gasteiger partial charge >= 0.3 is 0 Å². The van der Waals surface area contributed by atoms with Gasteiger partial charge in [-0.3, -0.25) is 0 Å². The first-order valence-electron chi connectivity index (χ1n) is 7.56. The molecule has 1 N–H and O–H groups in total. The van der Waals surface area contributed by atoms with Gasteiger partial charge < -0.3 is 5.32 Å². The molecule has 2 heteroatoms. The molecule has 1 unspecified atom stereocenters. The summed E-state index contributed by atoms with van der Waals surface area (Å²) in [4.78, 5) is 1.44. The highest BCUT2D eigenvalue weighted by molar-refractivity contribution is 7.10. The summed E-state index contributed by atoms with van der Waals surface area (Å²) in [5.41, 5.74) is 2.83. The lowest BCUT2D eigenvalue weighted by molar-refractivity contribution is 0.536. The molecule has 1 aromatic heterocycles. The Morgan fingerprint density at radius 1 is 1.10 bits per heavy atom. The first kappa shape index (κ1) is 15.3. The minimum atomic E-state index is 0.444. The van der Waals surface area contributed by atoms with Crippen LogP contribution in [0.25, 0.3) is 0 Å². The molecule has 2 rings (SSSR count). The molecule has 1 atom stereocenters. The first-order valence-corrected chi connectivity index (χ1v) is 8.44. The second kappa shape index (κ2) is 7.61. The molecule has 1 aromatic carbocycles. The molecule has 0 aliphatic carbocycles. The molecule has 0 aliphatic heterocycles. The minimum absolute atomic E-state index is 0.444. The monoisotopic (exact) mass is 287 g/mol. The van der Waals surface area contributed by atoms with E-state index in [1.165, 1.54) is 22.4 Å². The Hall–Kier alpha value is -1.12. The van der Waals surface area contributed by atoms with Crippen LogP contribution < -0.4 is 5.32 Å². The maximum Gasteiger partial charge on any atom is 0.0455 e. The van der Waals surface area contributed by atoms with Gasteiger partial charge in [0.25, 0.3) is 0 Å². The largest absolute Gasteiger partial charge is 0.309 e. The Balaban J connectivity index is 2.07. The van der Waals surface area contributed by atoms with Crippen LogP contribution in [0.15, 0.2) is 41.8 Å². The Bertz CT molecular complexity index is 485. The molecular weight excluding hydrogens is 262 g/mol.